The Bertz CT molecular complexity index is 523. The lowest BCUT2D eigenvalue weighted by Gasteiger charge is -2.13. The van der Waals surface area contributed by atoms with Gasteiger partial charge in [-0.05, 0) is 25.0 Å². The summed E-state index contributed by atoms with van der Waals surface area (Å²) in [6.45, 7) is 4.18. The van der Waals surface area contributed by atoms with Gasteiger partial charge >= 0.3 is 0 Å². The summed E-state index contributed by atoms with van der Waals surface area (Å²) in [6, 6.07) is 3.21. The minimum absolute atomic E-state index is 0.311. The molecule has 0 spiro atoms. The SMILES string of the molecule is CCCC(CCC)=NNC(=O)c1cc(OC)c(OC)c(OC)c1. The third-order valence-electron chi connectivity index (χ3n) is 3.32. The number of hydrazone groups is 1. The third kappa shape index (κ3) is 5.16. The zero-order valence-electron chi connectivity index (χ0n) is 14.6. The number of amides is 1. The average Bonchev–Trinajstić information content (AvgIpc) is 2.58. The maximum atomic E-state index is 12.3. The molecule has 0 saturated carbocycles. The number of carbonyl (C=O) groups excluding carboxylic acids is 1. The molecule has 0 radical (unpaired) electrons. The number of hydrogen-bond donors (Lipinski definition) is 1. The van der Waals surface area contributed by atoms with E-state index < -0.39 is 0 Å². The summed E-state index contributed by atoms with van der Waals surface area (Å²) >= 11 is 0. The number of benzene rings is 1. The lowest BCUT2D eigenvalue weighted by atomic mass is 10.1. The maximum absolute atomic E-state index is 12.3. The van der Waals surface area contributed by atoms with Gasteiger partial charge in [-0.2, -0.15) is 5.10 Å². The van der Waals surface area contributed by atoms with Crippen molar-refractivity contribution in [1.29, 1.82) is 0 Å². The normalized spacial score (nSPS) is 9.96. The van der Waals surface area contributed by atoms with E-state index in [-0.39, 0.29) is 5.91 Å². The number of hydrogen-bond acceptors (Lipinski definition) is 5. The molecule has 0 bridgehead atoms. The van der Waals surface area contributed by atoms with E-state index in [9.17, 15) is 4.79 Å². The molecule has 0 aromatic heterocycles. The summed E-state index contributed by atoms with van der Waals surface area (Å²) < 4.78 is 15.7. The van der Waals surface area contributed by atoms with Crippen LogP contribution in [-0.4, -0.2) is 32.9 Å². The van der Waals surface area contributed by atoms with Crippen LogP contribution >= 0.6 is 0 Å². The predicted octanol–water partition coefficient (Wildman–Crippen LogP) is 3.40. The van der Waals surface area contributed by atoms with Gasteiger partial charge < -0.3 is 14.2 Å². The van der Waals surface area contributed by atoms with Gasteiger partial charge in [0.25, 0.3) is 5.91 Å². The molecule has 1 rings (SSSR count). The van der Waals surface area contributed by atoms with E-state index >= 15 is 0 Å². The van der Waals surface area contributed by atoms with Gasteiger partial charge in [0.2, 0.25) is 5.75 Å². The number of rotatable bonds is 9. The van der Waals surface area contributed by atoms with Gasteiger partial charge in [0.15, 0.2) is 11.5 Å². The molecular formula is C17H26N2O4. The Morgan fingerprint density at radius 3 is 1.91 bits per heavy atom. The quantitative estimate of drug-likeness (QED) is 0.559. The molecule has 1 aromatic carbocycles. The molecule has 0 aliphatic carbocycles. The molecular weight excluding hydrogens is 296 g/mol. The van der Waals surface area contributed by atoms with Crippen molar-refractivity contribution >= 4 is 11.6 Å². The number of nitrogens with zero attached hydrogens (tertiary/aromatic N) is 1. The summed E-state index contributed by atoms with van der Waals surface area (Å²) in [6.07, 6.45) is 3.75. The standard InChI is InChI=1S/C17H26N2O4/c1-6-8-13(9-7-2)18-19-17(20)12-10-14(21-3)16(23-5)15(11-12)22-4/h10-11H,6-9H2,1-5H3,(H,19,20). The van der Waals surface area contributed by atoms with Crippen molar-refractivity contribution in [3.05, 3.63) is 17.7 Å². The van der Waals surface area contributed by atoms with Crippen molar-refractivity contribution < 1.29 is 19.0 Å². The smallest absolute Gasteiger partial charge is 0.271 e. The zero-order chi connectivity index (χ0) is 17.2. The molecule has 6 heteroatoms. The topological polar surface area (TPSA) is 69.2 Å². The first kappa shape index (κ1) is 18.8. The first-order valence-corrected chi connectivity index (χ1v) is 7.76. The molecule has 0 atom stereocenters. The van der Waals surface area contributed by atoms with Crippen LogP contribution in [0.3, 0.4) is 0 Å². The molecule has 0 unspecified atom stereocenters. The Morgan fingerprint density at radius 1 is 1.00 bits per heavy atom. The van der Waals surface area contributed by atoms with Crippen LogP contribution in [0.1, 0.15) is 49.9 Å². The van der Waals surface area contributed by atoms with Gasteiger partial charge in [0.05, 0.1) is 21.3 Å². The Kier molecular flexibility index (Phi) is 7.94. The number of ether oxygens (including phenoxy) is 3. The second-order valence-electron chi connectivity index (χ2n) is 5.03. The average molecular weight is 322 g/mol. The minimum Gasteiger partial charge on any atom is -0.493 e. The summed E-state index contributed by atoms with van der Waals surface area (Å²) in [5, 5.41) is 4.24. The van der Waals surface area contributed by atoms with Crippen molar-refractivity contribution in [3.63, 3.8) is 0 Å². The Balaban J connectivity index is 3.01. The van der Waals surface area contributed by atoms with E-state index in [0.29, 0.717) is 22.8 Å². The molecule has 1 aromatic rings. The third-order valence-corrected chi connectivity index (χ3v) is 3.32. The van der Waals surface area contributed by atoms with Crippen molar-refractivity contribution in [1.82, 2.24) is 5.43 Å². The molecule has 0 aliphatic heterocycles. The highest BCUT2D eigenvalue weighted by molar-refractivity contribution is 5.96. The fourth-order valence-corrected chi connectivity index (χ4v) is 2.22. The van der Waals surface area contributed by atoms with Crippen LogP contribution in [0.2, 0.25) is 0 Å². The van der Waals surface area contributed by atoms with Crippen LogP contribution in [-0.2, 0) is 0 Å². The highest BCUT2D eigenvalue weighted by atomic mass is 16.5. The molecule has 0 aliphatic rings. The monoisotopic (exact) mass is 322 g/mol. The van der Waals surface area contributed by atoms with Crippen LogP contribution in [0, 0.1) is 0 Å². The van der Waals surface area contributed by atoms with E-state index in [2.05, 4.69) is 24.4 Å². The van der Waals surface area contributed by atoms with Gasteiger partial charge in [-0.3, -0.25) is 4.79 Å². The van der Waals surface area contributed by atoms with Crippen LogP contribution in [0.15, 0.2) is 17.2 Å². The highest BCUT2D eigenvalue weighted by Gasteiger charge is 2.16. The first-order chi connectivity index (χ1) is 11.1. The van der Waals surface area contributed by atoms with Crippen molar-refractivity contribution in [2.24, 2.45) is 5.10 Å². The largest absolute Gasteiger partial charge is 0.493 e. The van der Waals surface area contributed by atoms with Crippen LogP contribution in [0.25, 0.3) is 0 Å². The zero-order valence-corrected chi connectivity index (χ0v) is 14.6. The summed E-state index contributed by atoms with van der Waals surface area (Å²) in [5.41, 5.74) is 4.00. The Hall–Kier alpha value is -2.24. The van der Waals surface area contributed by atoms with Crippen molar-refractivity contribution in [2.45, 2.75) is 39.5 Å². The van der Waals surface area contributed by atoms with Crippen LogP contribution < -0.4 is 19.6 Å². The number of carbonyl (C=O) groups is 1. The molecule has 128 valence electrons. The lowest BCUT2D eigenvalue weighted by molar-refractivity contribution is 0.0953. The molecule has 1 amide bonds. The maximum Gasteiger partial charge on any atom is 0.271 e. The van der Waals surface area contributed by atoms with E-state index in [1.54, 1.807) is 12.1 Å². The van der Waals surface area contributed by atoms with E-state index in [1.807, 2.05) is 0 Å². The van der Waals surface area contributed by atoms with Gasteiger partial charge in [-0.15, -0.1) is 0 Å². The summed E-state index contributed by atoms with van der Waals surface area (Å²) in [7, 11) is 4.54. The van der Waals surface area contributed by atoms with Gasteiger partial charge in [0.1, 0.15) is 0 Å². The molecule has 0 saturated heterocycles. The van der Waals surface area contributed by atoms with Gasteiger partial charge in [-0.25, -0.2) is 5.43 Å². The first-order valence-electron chi connectivity index (χ1n) is 7.76. The number of nitrogens with one attached hydrogen (secondary N) is 1. The molecule has 1 N–H and O–H groups in total. The Morgan fingerprint density at radius 2 is 1.52 bits per heavy atom. The number of methoxy groups -OCH3 is 3. The highest BCUT2D eigenvalue weighted by Crippen LogP contribution is 2.38. The van der Waals surface area contributed by atoms with Crippen LogP contribution in [0.4, 0.5) is 0 Å². The van der Waals surface area contributed by atoms with Gasteiger partial charge in [-0.1, -0.05) is 26.7 Å². The molecule has 23 heavy (non-hydrogen) atoms. The second kappa shape index (κ2) is 9.71. The van der Waals surface area contributed by atoms with E-state index in [4.69, 9.17) is 14.2 Å². The van der Waals surface area contributed by atoms with Crippen molar-refractivity contribution in [3.8, 4) is 17.2 Å². The molecule has 0 fully saturated rings. The van der Waals surface area contributed by atoms with Gasteiger partial charge in [0, 0.05) is 11.3 Å². The van der Waals surface area contributed by atoms with Crippen LogP contribution in [0.5, 0.6) is 17.2 Å². The molecule has 6 nitrogen and oxygen atoms in total. The van der Waals surface area contributed by atoms with Crippen molar-refractivity contribution in [2.75, 3.05) is 21.3 Å². The minimum atomic E-state index is -0.311. The fraction of sp³-hybridized carbons (Fsp3) is 0.529. The Labute approximate surface area is 137 Å². The van der Waals surface area contributed by atoms with E-state index in [0.717, 1.165) is 31.4 Å². The molecule has 0 heterocycles. The second-order valence-corrected chi connectivity index (χ2v) is 5.03. The lowest BCUT2D eigenvalue weighted by Crippen LogP contribution is -2.20. The van der Waals surface area contributed by atoms with E-state index in [1.165, 1.54) is 21.3 Å². The predicted molar refractivity (Wildman–Crippen MR) is 90.8 cm³/mol. The summed E-state index contributed by atoms with van der Waals surface area (Å²) in [5.74, 6) is 1.01. The summed E-state index contributed by atoms with van der Waals surface area (Å²) in [4.78, 5) is 12.3. The fourth-order valence-electron chi connectivity index (χ4n) is 2.22.